The minimum atomic E-state index is -1.69. The van der Waals surface area contributed by atoms with Crippen LogP contribution in [0.3, 0.4) is 0 Å². The molecule has 0 saturated heterocycles. The molecule has 4 rings (SSSR count). The van der Waals surface area contributed by atoms with Crippen molar-refractivity contribution in [2.24, 2.45) is 0 Å². The van der Waals surface area contributed by atoms with Gasteiger partial charge in [-0.2, -0.15) is 0 Å². The van der Waals surface area contributed by atoms with Gasteiger partial charge in [-0.1, -0.05) is 71.8 Å². The summed E-state index contributed by atoms with van der Waals surface area (Å²) in [5.74, 6) is 0.0408. The van der Waals surface area contributed by atoms with E-state index in [0.717, 1.165) is 11.1 Å². The predicted molar refractivity (Wildman–Crippen MR) is 132 cm³/mol. The lowest BCUT2D eigenvalue weighted by Crippen LogP contribution is -2.50. The fourth-order valence-electron chi connectivity index (χ4n) is 3.49. The maximum Gasteiger partial charge on any atom is 0.511 e. The van der Waals surface area contributed by atoms with E-state index in [-0.39, 0.29) is 12.2 Å². The number of ether oxygens (including phenoxy) is 4. The van der Waals surface area contributed by atoms with Crippen molar-refractivity contribution in [2.75, 3.05) is 0 Å². The second-order valence-corrected chi connectivity index (χ2v) is 8.08. The number of para-hydroxylation sites is 2. The van der Waals surface area contributed by atoms with Crippen LogP contribution in [0.5, 0.6) is 23.0 Å². The summed E-state index contributed by atoms with van der Waals surface area (Å²) in [6.07, 6.45) is -1.39. The Balaban J connectivity index is 1.81. The lowest BCUT2D eigenvalue weighted by Gasteiger charge is -2.34. The third-order valence-electron chi connectivity index (χ3n) is 5.18. The molecule has 0 fully saturated rings. The van der Waals surface area contributed by atoms with Crippen molar-refractivity contribution in [3.8, 4) is 23.0 Å². The topological polar surface area (TPSA) is 74.2 Å². The SMILES string of the molecule is Cc1ccc(OC(Cc2ccccc2OC(=O)O)(Oc2ccccc2)Oc2ccc(C)cc2)cc1. The molecule has 0 unspecified atom stereocenters. The summed E-state index contributed by atoms with van der Waals surface area (Å²) < 4.78 is 24.2. The van der Waals surface area contributed by atoms with Crippen molar-refractivity contribution < 1.29 is 28.8 Å². The van der Waals surface area contributed by atoms with Gasteiger partial charge in [-0.3, -0.25) is 0 Å². The van der Waals surface area contributed by atoms with Crippen molar-refractivity contribution in [1.29, 1.82) is 0 Å². The minimum Gasteiger partial charge on any atom is -0.449 e. The number of carbonyl (C=O) groups is 1. The molecule has 0 radical (unpaired) electrons. The summed E-state index contributed by atoms with van der Waals surface area (Å²) in [5, 5.41) is 9.23. The van der Waals surface area contributed by atoms with Crippen LogP contribution in [0.15, 0.2) is 103 Å². The van der Waals surface area contributed by atoms with Gasteiger partial charge in [0.05, 0.1) is 6.42 Å². The quantitative estimate of drug-likeness (QED) is 0.165. The summed E-state index contributed by atoms with van der Waals surface area (Å²) in [6, 6.07) is 31.0. The molecule has 35 heavy (non-hydrogen) atoms. The molecule has 4 aromatic carbocycles. The molecule has 0 amide bonds. The molecule has 0 spiro atoms. The minimum absolute atomic E-state index is 0.0209. The Kier molecular flexibility index (Phi) is 7.21. The van der Waals surface area contributed by atoms with Crippen molar-refractivity contribution in [2.45, 2.75) is 26.2 Å². The Labute approximate surface area is 204 Å². The van der Waals surface area contributed by atoms with E-state index in [2.05, 4.69) is 0 Å². The number of carboxylic acid groups (broad SMARTS) is 1. The van der Waals surface area contributed by atoms with E-state index in [1.807, 2.05) is 80.6 Å². The van der Waals surface area contributed by atoms with Crippen molar-refractivity contribution >= 4 is 6.16 Å². The van der Waals surface area contributed by atoms with Crippen LogP contribution in [0, 0.1) is 13.8 Å². The molecule has 0 atom stereocenters. The average Bonchev–Trinajstić information content (AvgIpc) is 2.84. The Morgan fingerprint density at radius 1 is 0.657 bits per heavy atom. The van der Waals surface area contributed by atoms with E-state index in [4.69, 9.17) is 18.9 Å². The Morgan fingerprint density at radius 2 is 1.11 bits per heavy atom. The van der Waals surface area contributed by atoms with E-state index in [1.54, 1.807) is 36.4 Å². The molecule has 0 aliphatic heterocycles. The molecular weight excluding hydrogens is 444 g/mol. The molecule has 0 saturated carbocycles. The maximum absolute atomic E-state index is 11.3. The second kappa shape index (κ2) is 10.7. The molecule has 178 valence electrons. The van der Waals surface area contributed by atoms with Gasteiger partial charge < -0.3 is 24.1 Å². The van der Waals surface area contributed by atoms with Gasteiger partial charge in [0.1, 0.15) is 23.0 Å². The van der Waals surface area contributed by atoms with Crippen LogP contribution in [-0.4, -0.2) is 17.2 Å². The molecular formula is C29H26O6. The lowest BCUT2D eigenvalue weighted by molar-refractivity contribution is -0.251. The molecule has 6 heteroatoms. The van der Waals surface area contributed by atoms with E-state index < -0.39 is 12.1 Å². The molecule has 0 aliphatic carbocycles. The molecule has 0 heterocycles. The molecule has 6 nitrogen and oxygen atoms in total. The van der Waals surface area contributed by atoms with Gasteiger partial charge in [-0.25, -0.2) is 4.79 Å². The Hall–Kier alpha value is -4.45. The Bertz CT molecular complexity index is 1200. The molecule has 0 bridgehead atoms. The first-order chi connectivity index (χ1) is 16.9. The zero-order valence-electron chi connectivity index (χ0n) is 19.5. The van der Waals surface area contributed by atoms with Gasteiger partial charge in [0, 0.05) is 5.56 Å². The fourth-order valence-corrected chi connectivity index (χ4v) is 3.49. The first-order valence-corrected chi connectivity index (χ1v) is 11.1. The van der Waals surface area contributed by atoms with Gasteiger partial charge in [-0.05, 0) is 56.3 Å². The van der Waals surface area contributed by atoms with Crippen LogP contribution >= 0.6 is 0 Å². The maximum atomic E-state index is 11.3. The molecule has 0 aromatic heterocycles. The van der Waals surface area contributed by atoms with Crippen LogP contribution in [0.1, 0.15) is 16.7 Å². The normalized spacial score (nSPS) is 10.9. The first-order valence-electron chi connectivity index (χ1n) is 11.1. The van der Waals surface area contributed by atoms with E-state index >= 15 is 0 Å². The van der Waals surface area contributed by atoms with Gasteiger partial charge in [-0.15, -0.1) is 0 Å². The standard InChI is InChI=1S/C29H26O6/c1-21-12-16-25(17-13-21)34-29(33-24-9-4-3-5-10-24,35-26-18-14-22(2)15-19-26)20-23-8-6-7-11-27(23)32-28(30)31/h3-19H,20H2,1-2H3,(H,30,31). The number of hydrogen-bond acceptors (Lipinski definition) is 5. The van der Waals surface area contributed by atoms with Crippen LogP contribution in [0.25, 0.3) is 0 Å². The van der Waals surface area contributed by atoms with Gasteiger partial charge in [0.25, 0.3) is 0 Å². The predicted octanol–water partition coefficient (Wildman–Crippen LogP) is 6.79. The highest BCUT2D eigenvalue weighted by Gasteiger charge is 2.40. The summed E-state index contributed by atoms with van der Waals surface area (Å²) in [5.41, 5.74) is 2.68. The Morgan fingerprint density at radius 3 is 1.63 bits per heavy atom. The highest BCUT2D eigenvalue weighted by atomic mass is 16.9. The van der Waals surface area contributed by atoms with Crippen molar-refractivity contribution in [3.63, 3.8) is 0 Å². The zero-order chi connectivity index (χ0) is 24.7. The lowest BCUT2D eigenvalue weighted by atomic mass is 10.1. The molecule has 0 aliphatic rings. The summed E-state index contributed by atoms with van der Waals surface area (Å²) in [6.45, 7) is 3.97. The van der Waals surface area contributed by atoms with Crippen LogP contribution in [0.2, 0.25) is 0 Å². The largest absolute Gasteiger partial charge is 0.511 e. The summed E-state index contributed by atoms with van der Waals surface area (Å²) in [4.78, 5) is 11.3. The van der Waals surface area contributed by atoms with Crippen LogP contribution in [-0.2, 0) is 6.42 Å². The zero-order valence-corrected chi connectivity index (χ0v) is 19.5. The third kappa shape index (κ3) is 6.54. The van der Waals surface area contributed by atoms with Crippen molar-refractivity contribution in [1.82, 2.24) is 0 Å². The second-order valence-electron chi connectivity index (χ2n) is 8.08. The smallest absolute Gasteiger partial charge is 0.449 e. The number of aryl methyl sites for hydroxylation is 2. The molecule has 1 N–H and O–H groups in total. The van der Waals surface area contributed by atoms with Crippen LogP contribution in [0.4, 0.5) is 4.79 Å². The van der Waals surface area contributed by atoms with Gasteiger partial charge >= 0.3 is 12.1 Å². The third-order valence-corrected chi connectivity index (χ3v) is 5.18. The first kappa shape index (κ1) is 23.7. The molecule has 4 aromatic rings. The number of benzene rings is 4. The fraction of sp³-hybridized carbons (Fsp3) is 0.138. The van der Waals surface area contributed by atoms with Crippen LogP contribution < -0.4 is 18.9 Å². The van der Waals surface area contributed by atoms with Crippen molar-refractivity contribution in [3.05, 3.63) is 120 Å². The van der Waals surface area contributed by atoms with Gasteiger partial charge in [0.2, 0.25) is 0 Å². The van der Waals surface area contributed by atoms with E-state index in [9.17, 15) is 9.90 Å². The number of rotatable bonds is 9. The number of hydrogen-bond donors (Lipinski definition) is 1. The summed E-state index contributed by atoms with van der Waals surface area (Å²) >= 11 is 0. The van der Waals surface area contributed by atoms with Gasteiger partial charge in [0.15, 0.2) is 0 Å². The highest BCUT2D eigenvalue weighted by Crippen LogP contribution is 2.32. The highest BCUT2D eigenvalue weighted by molar-refractivity contribution is 5.62. The summed E-state index contributed by atoms with van der Waals surface area (Å²) in [7, 11) is 0. The average molecular weight is 471 g/mol. The van der Waals surface area contributed by atoms with E-state index in [0.29, 0.717) is 22.8 Å². The monoisotopic (exact) mass is 470 g/mol. The van der Waals surface area contributed by atoms with E-state index in [1.165, 1.54) is 0 Å².